The Morgan fingerprint density at radius 1 is 1.38 bits per heavy atom. The van der Waals surface area contributed by atoms with E-state index in [9.17, 15) is 0 Å². The summed E-state index contributed by atoms with van der Waals surface area (Å²) in [5, 5.41) is 0. The Hall–Kier alpha value is -1.50. The van der Waals surface area contributed by atoms with E-state index >= 15 is 0 Å². The molecule has 1 heterocycles. The van der Waals surface area contributed by atoms with Crippen molar-refractivity contribution >= 4 is 0 Å². The molecule has 0 amide bonds. The molecule has 1 fully saturated rings. The molecule has 1 saturated heterocycles. The second-order valence-electron chi connectivity index (χ2n) is 5.87. The first-order chi connectivity index (χ1) is 10.2. The van der Waals surface area contributed by atoms with Crippen LogP contribution < -0.4 is 10.5 Å². The Kier molecular flexibility index (Phi) is 5.67. The molecule has 2 unspecified atom stereocenters. The monoisotopic (exact) mass is 286 g/mol. The Morgan fingerprint density at radius 3 is 2.90 bits per heavy atom. The zero-order chi connectivity index (χ0) is 15.2. The molecule has 0 radical (unpaired) electrons. The predicted molar refractivity (Wildman–Crippen MR) is 87.2 cm³/mol. The van der Waals surface area contributed by atoms with E-state index in [1.54, 1.807) is 7.11 Å². The van der Waals surface area contributed by atoms with Crippen LogP contribution in [-0.2, 0) is 6.54 Å². The minimum absolute atomic E-state index is 0.369. The highest BCUT2D eigenvalue weighted by molar-refractivity contribution is 5.48. The first-order valence-corrected chi connectivity index (χ1v) is 7.75. The van der Waals surface area contributed by atoms with Crippen LogP contribution in [0.5, 0.6) is 5.75 Å². The number of rotatable bonds is 3. The number of nitrogens with two attached hydrogens (primary N) is 1. The molecule has 1 aliphatic heterocycles. The van der Waals surface area contributed by atoms with E-state index in [1.807, 2.05) is 6.07 Å². The quantitative estimate of drug-likeness (QED) is 0.868. The summed E-state index contributed by atoms with van der Waals surface area (Å²) in [4.78, 5) is 2.57. The van der Waals surface area contributed by atoms with Gasteiger partial charge in [0.1, 0.15) is 5.75 Å². The maximum Gasteiger partial charge on any atom is 0.134 e. The molecule has 0 aliphatic carbocycles. The third-order valence-corrected chi connectivity index (χ3v) is 4.48. The van der Waals surface area contributed by atoms with Crippen LogP contribution in [0.1, 0.15) is 37.8 Å². The summed E-state index contributed by atoms with van der Waals surface area (Å²) >= 11 is 0. The lowest BCUT2D eigenvalue weighted by Crippen LogP contribution is -2.41. The van der Waals surface area contributed by atoms with Gasteiger partial charge in [0.2, 0.25) is 0 Å². The van der Waals surface area contributed by atoms with Crippen molar-refractivity contribution in [2.45, 2.75) is 39.3 Å². The van der Waals surface area contributed by atoms with Crippen LogP contribution in [0, 0.1) is 17.8 Å². The molecular weight excluding hydrogens is 260 g/mol. The molecule has 1 aromatic carbocycles. The van der Waals surface area contributed by atoms with Gasteiger partial charge in [0, 0.05) is 12.6 Å². The van der Waals surface area contributed by atoms with Crippen molar-refractivity contribution < 1.29 is 4.74 Å². The maximum atomic E-state index is 5.47. The summed E-state index contributed by atoms with van der Waals surface area (Å²) in [5.74, 6) is 7.60. The van der Waals surface area contributed by atoms with Crippen LogP contribution in [0.3, 0.4) is 0 Å². The number of ether oxygens (including phenoxy) is 1. The third-order valence-electron chi connectivity index (χ3n) is 4.48. The van der Waals surface area contributed by atoms with E-state index < -0.39 is 0 Å². The number of piperidine rings is 1. The minimum atomic E-state index is 0.369. The van der Waals surface area contributed by atoms with Gasteiger partial charge in [-0.05, 0) is 49.9 Å². The number of benzene rings is 1. The van der Waals surface area contributed by atoms with Crippen molar-refractivity contribution in [1.29, 1.82) is 0 Å². The Bertz CT molecular complexity index is 530. The van der Waals surface area contributed by atoms with Crippen LogP contribution >= 0.6 is 0 Å². The Balaban J connectivity index is 2.16. The van der Waals surface area contributed by atoms with Gasteiger partial charge in [-0.15, -0.1) is 0 Å². The fourth-order valence-corrected chi connectivity index (χ4v) is 2.98. The van der Waals surface area contributed by atoms with Gasteiger partial charge in [0.15, 0.2) is 0 Å². The van der Waals surface area contributed by atoms with Gasteiger partial charge in [0.05, 0.1) is 19.2 Å². The second kappa shape index (κ2) is 7.49. The van der Waals surface area contributed by atoms with Gasteiger partial charge in [-0.25, -0.2) is 0 Å². The Labute approximate surface area is 128 Å². The summed E-state index contributed by atoms with van der Waals surface area (Å²) in [6.45, 7) is 7.22. The first kappa shape index (κ1) is 15.9. The number of hydrogen-bond acceptors (Lipinski definition) is 3. The largest absolute Gasteiger partial charge is 0.495 e. The molecule has 2 rings (SSSR count). The van der Waals surface area contributed by atoms with Crippen molar-refractivity contribution in [3.05, 3.63) is 29.3 Å². The van der Waals surface area contributed by atoms with Crippen LogP contribution in [0.2, 0.25) is 0 Å². The lowest BCUT2D eigenvalue weighted by atomic mass is 9.91. The van der Waals surface area contributed by atoms with Gasteiger partial charge in [0.25, 0.3) is 0 Å². The van der Waals surface area contributed by atoms with E-state index in [0.29, 0.717) is 12.6 Å². The van der Waals surface area contributed by atoms with E-state index in [-0.39, 0.29) is 0 Å². The molecule has 21 heavy (non-hydrogen) atoms. The molecule has 0 bridgehead atoms. The zero-order valence-corrected chi connectivity index (χ0v) is 13.4. The van der Waals surface area contributed by atoms with Crippen LogP contribution in [-0.4, -0.2) is 31.1 Å². The lowest BCUT2D eigenvalue weighted by molar-refractivity contribution is 0.106. The molecule has 0 aromatic heterocycles. The van der Waals surface area contributed by atoms with Crippen molar-refractivity contribution in [3.8, 4) is 17.6 Å². The summed E-state index contributed by atoms with van der Waals surface area (Å²) in [7, 11) is 1.68. The molecular formula is C18H26N2O. The highest BCUT2D eigenvalue weighted by Crippen LogP contribution is 2.26. The van der Waals surface area contributed by atoms with Crippen molar-refractivity contribution in [3.63, 3.8) is 0 Å². The summed E-state index contributed by atoms with van der Waals surface area (Å²) in [5.41, 5.74) is 7.68. The van der Waals surface area contributed by atoms with E-state index in [2.05, 4.69) is 42.7 Å². The standard InChI is InChI=1S/C18H26N2O/c1-14-6-5-11-20(15(14)2)13-16-8-9-18(21-3)17(12-16)7-4-10-19/h8-9,12,14-15H,5-6,10-11,13,19H2,1-3H3. The average Bonchev–Trinajstić information content (AvgIpc) is 2.50. The minimum Gasteiger partial charge on any atom is -0.495 e. The van der Waals surface area contributed by atoms with Crippen molar-refractivity contribution in [2.75, 3.05) is 20.2 Å². The normalized spacial score (nSPS) is 22.5. The van der Waals surface area contributed by atoms with Gasteiger partial charge in [-0.3, -0.25) is 4.90 Å². The SMILES string of the molecule is COc1ccc(CN2CCCC(C)C2C)cc1C#CCN. The molecule has 0 saturated carbocycles. The topological polar surface area (TPSA) is 38.5 Å². The molecule has 0 spiro atoms. The number of hydrogen-bond donors (Lipinski definition) is 1. The van der Waals surface area contributed by atoms with E-state index in [0.717, 1.165) is 23.8 Å². The molecule has 2 N–H and O–H groups in total. The zero-order valence-electron chi connectivity index (χ0n) is 13.4. The van der Waals surface area contributed by atoms with Gasteiger partial charge in [-0.1, -0.05) is 24.8 Å². The molecule has 3 nitrogen and oxygen atoms in total. The average molecular weight is 286 g/mol. The Morgan fingerprint density at radius 2 is 2.19 bits per heavy atom. The molecule has 2 atom stereocenters. The summed E-state index contributed by atoms with van der Waals surface area (Å²) < 4.78 is 5.37. The fraction of sp³-hybridized carbons (Fsp3) is 0.556. The van der Waals surface area contributed by atoms with Crippen molar-refractivity contribution in [1.82, 2.24) is 4.90 Å². The predicted octanol–water partition coefficient (Wildman–Crippen LogP) is 2.63. The number of nitrogens with zero attached hydrogens (tertiary/aromatic N) is 1. The van der Waals surface area contributed by atoms with Crippen LogP contribution in [0.15, 0.2) is 18.2 Å². The molecule has 3 heteroatoms. The van der Waals surface area contributed by atoms with E-state index in [4.69, 9.17) is 10.5 Å². The van der Waals surface area contributed by atoms with Gasteiger partial charge in [-0.2, -0.15) is 0 Å². The fourth-order valence-electron chi connectivity index (χ4n) is 2.98. The first-order valence-electron chi connectivity index (χ1n) is 7.75. The molecule has 1 aliphatic rings. The maximum absolute atomic E-state index is 5.47. The number of methoxy groups -OCH3 is 1. The molecule has 1 aromatic rings. The third kappa shape index (κ3) is 4.00. The highest BCUT2D eigenvalue weighted by atomic mass is 16.5. The summed E-state index contributed by atoms with van der Waals surface area (Å²) in [6.07, 6.45) is 2.63. The lowest BCUT2D eigenvalue weighted by Gasteiger charge is -2.38. The van der Waals surface area contributed by atoms with Crippen LogP contribution in [0.25, 0.3) is 0 Å². The van der Waals surface area contributed by atoms with Crippen LogP contribution in [0.4, 0.5) is 0 Å². The molecule has 114 valence electrons. The summed E-state index contributed by atoms with van der Waals surface area (Å²) in [6, 6.07) is 6.92. The second-order valence-corrected chi connectivity index (χ2v) is 5.87. The van der Waals surface area contributed by atoms with E-state index in [1.165, 1.54) is 24.9 Å². The smallest absolute Gasteiger partial charge is 0.134 e. The van der Waals surface area contributed by atoms with Gasteiger partial charge >= 0.3 is 0 Å². The van der Waals surface area contributed by atoms with Crippen molar-refractivity contribution in [2.24, 2.45) is 11.7 Å². The highest BCUT2D eigenvalue weighted by Gasteiger charge is 2.24. The van der Waals surface area contributed by atoms with Gasteiger partial charge < -0.3 is 10.5 Å². The number of likely N-dealkylation sites (tertiary alicyclic amines) is 1.